The van der Waals surface area contributed by atoms with E-state index in [0.29, 0.717) is 36.8 Å². The number of likely N-dealkylation sites (N-methyl/N-ethyl adjacent to an activating group) is 1. The minimum Gasteiger partial charge on any atom is -0.454 e. The number of hydrogen-bond acceptors (Lipinski definition) is 7. The molecule has 0 spiro atoms. The lowest BCUT2D eigenvalue weighted by Crippen LogP contribution is -2.39. The fraction of sp³-hybridized carbons (Fsp3) is 0.304. The predicted molar refractivity (Wildman–Crippen MR) is 118 cm³/mol. The topological polar surface area (TPSA) is 119 Å². The number of amides is 3. The van der Waals surface area contributed by atoms with Crippen molar-refractivity contribution in [1.29, 1.82) is 0 Å². The van der Waals surface area contributed by atoms with Gasteiger partial charge in [0, 0.05) is 33.1 Å². The third-order valence-corrected chi connectivity index (χ3v) is 5.10. The highest BCUT2D eigenvalue weighted by atomic mass is 16.7. The van der Waals surface area contributed by atoms with Crippen LogP contribution in [0.3, 0.4) is 0 Å². The smallest absolute Gasteiger partial charge is 0.317 e. The molecule has 0 fully saturated rings. The summed E-state index contributed by atoms with van der Waals surface area (Å²) in [5.74, 6) is 1.09. The number of benzene rings is 2. The normalized spacial score (nSPS) is 11.8. The number of carbonyl (C=O) groups is 2. The second kappa shape index (κ2) is 10.5. The summed E-state index contributed by atoms with van der Waals surface area (Å²) < 4.78 is 15.7. The maximum atomic E-state index is 12.3. The van der Waals surface area contributed by atoms with Gasteiger partial charge < -0.3 is 29.5 Å². The first-order chi connectivity index (χ1) is 16.1. The van der Waals surface area contributed by atoms with Gasteiger partial charge in [-0.15, -0.1) is 0 Å². The second-order valence-corrected chi connectivity index (χ2v) is 7.53. The van der Waals surface area contributed by atoms with Crippen LogP contribution in [0.4, 0.5) is 4.79 Å². The maximum Gasteiger partial charge on any atom is 0.317 e. The number of urea groups is 1. The third kappa shape index (κ3) is 6.00. The summed E-state index contributed by atoms with van der Waals surface area (Å²) in [4.78, 5) is 30.2. The molecular formula is C23H25N5O5. The average Bonchev–Trinajstić information content (AvgIpc) is 3.51. The molecule has 1 aromatic heterocycles. The van der Waals surface area contributed by atoms with Crippen molar-refractivity contribution in [3.8, 4) is 11.5 Å². The lowest BCUT2D eigenvalue weighted by atomic mass is 10.1. The number of fused-ring (bicyclic) bond motifs is 1. The van der Waals surface area contributed by atoms with Crippen molar-refractivity contribution in [2.45, 2.75) is 19.4 Å². The van der Waals surface area contributed by atoms with Crippen LogP contribution >= 0.6 is 0 Å². The predicted octanol–water partition coefficient (Wildman–Crippen LogP) is 2.15. The monoisotopic (exact) mass is 451 g/mol. The Labute approximate surface area is 190 Å². The molecule has 0 radical (unpaired) electrons. The molecule has 3 amide bonds. The minimum absolute atomic E-state index is 0.124. The molecule has 10 heteroatoms. The van der Waals surface area contributed by atoms with Crippen LogP contribution in [0.2, 0.25) is 0 Å². The summed E-state index contributed by atoms with van der Waals surface area (Å²) in [5.41, 5.74) is 2.02. The van der Waals surface area contributed by atoms with Crippen LogP contribution in [0.25, 0.3) is 0 Å². The highest BCUT2D eigenvalue weighted by Crippen LogP contribution is 2.32. The largest absolute Gasteiger partial charge is 0.454 e. The number of ether oxygens (including phenoxy) is 2. The van der Waals surface area contributed by atoms with E-state index in [1.807, 2.05) is 42.5 Å². The van der Waals surface area contributed by atoms with Crippen LogP contribution in [0, 0.1) is 0 Å². The summed E-state index contributed by atoms with van der Waals surface area (Å²) in [6.07, 6.45) is 1.12. The molecule has 0 saturated heterocycles. The Bertz CT molecular complexity index is 1100. The van der Waals surface area contributed by atoms with Crippen molar-refractivity contribution in [1.82, 2.24) is 25.7 Å². The number of aromatic nitrogens is 2. The van der Waals surface area contributed by atoms with E-state index >= 15 is 0 Å². The lowest BCUT2D eigenvalue weighted by molar-refractivity contribution is 0.0907. The van der Waals surface area contributed by atoms with Crippen LogP contribution in [0.5, 0.6) is 11.5 Å². The van der Waals surface area contributed by atoms with E-state index in [0.717, 1.165) is 17.5 Å². The third-order valence-electron chi connectivity index (χ3n) is 5.10. The SMILES string of the molecule is CN(CCc1noc(C(=O)NCc2ccc3c(c2)OCO3)n1)C(=O)NCCc1ccccc1. The van der Waals surface area contributed by atoms with Gasteiger partial charge in [0.05, 0.1) is 0 Å². The van der Waals surface area contributed by atoms with Gasteiger partial charge in [0.15, 0.2) is 17.3 Å². The Kier molecular flexibility index (Phi) is 7.03. The molecule has 0 unspecified atom stereocenters. The van der Waals surface area contributed by atoms with E-state index < -0.39 is 5.91 Å². The molecule has 10 nitrogen and oxygen atoms in total. The minimum atomic E-state index is -0.474. The molecule has 172 valence electrons. The fourth-order valence-electron chi connectivity index (χ4n) is 3.22. The summed E-state index contributed by atoms with van der Waals surface area (Å²) in [6, 6.07) is 15.2. The van der Waals surface area contributed by atoms with Crippen molar-refractivity contribution >= 4 is 11.9 Å². The van der Waals surface area contributed by atoms with Gasteiger partial charge in [-0.1, -0.05) is 41.6 Å². The lowest BCUT2D eigenvalue weighted by Gasteiger charge is -2.17. The molecule has 0 bridgehead atoms. The Hall–Kier alpha value is -4.08. The number of rotatable bonds is 9. The molecular weight excluding hydrogens is 426 g/mol. The van der Waals surface area contributed by atoms with Crippen molar-refractivity contribution in [2.24, 2.45) is 0 Å². The quantitative estimate of drug-likeness (QED) is 0.512. The van der Waals surface area contributed by atoms with Gasteiger partial charge in [-0.05, 0) is 29.7 Å². The van der Waals surface area contributed by atoms with E-state index in [-0.39, 0.29) is 25.3 Å². The van der Waals surface area contributed by atoms with Gasteiger partial charge in [-0.3, -0.25) is 4.79 Å². The van der Waals surface area contributed by atoms with E-state index in [9.17, 15) is 9.59 Å². The number of nitrogens with zero attached hydrogens (tertiary/aromatic N) is 3. The Morgan fingerprint density at radius 1 is 1.00 bits per heavy atom. The van der Waals surface area contributed by atoms with E-state index in [1.54, 1.807) is 18.0 Å². The van der Waals surface area contributed by atoms with E-state index in [2.05, 4.69) is 20.8 Å². The van der Waals surface area contributed by atoms with E-state index in [4.69, 9.17) is 14.0 Å². The summed E-state index contributed by atoms with van der Waals surface area (Å²) in [7, 11) is 1.69. The fourth-order valence-corrected chi connectivity index (χ4v) is 3.22. The van der Waals surface area contributed by atoms with Gasteiger partial charge in [-0.25, -0.2) is 4.79 Å². The molecule has 4 rings (SSSR count). The van der Waals surface area contributed by atoms with Crippen LogP contribution < -0.4 is 20.1 Å². The Balaban J connectivity index is 1.18. The molecule has 0 atom stereocenters. The van der Waals surface area contributed by atoms with Gasteiger partial charge in [0.2, 0.25) is 6.79 Å². The molecule has 2 N–H and O–H groups in total. The molecule has 2 heterocycles. The summed E-state index contributed by atoms with van der Waals surface area (Å²) in [6.45, 7) is 1.40. The highest BCUT2D eigenvalue weighted by Gasteiger charge is 2.17. The van der Waals surface area contributed by atoms with Gasteiger partial charge in [0.1, 0.15) is 0 Å². The molecule has 1 aliphatic heterocycles. The van der Waals surface area contributed by atoms with Gasteiger partial charge in [-0.2, -0.15) is 4.98 Å². The molecule has 3 aromatic rings. The van der Waals surface area contributed by atoms with Crippen LogP contribution in [-0.2, 0) is 19.4 Å². The van der Waals surface area contributed by atoms with Crippen molar-refractivity contribution in [3.63, 3.8) is 0 Å². The number of carbonyl (C=O) groups excluding carboxylic acids is 2. The van der Waals surface area contributed by atoms with Crippen molar-refractivity contribution in [3.05, 3.63) is 71.4 Å². The number of hydrogen-bond donors (Lipinski definition) is 2. The van der Waals surface area contributed by atoms with Gasteiger partial charge >= 0.3 is 17.8 Å². The number of nitrogens with one attached hydrogen (secondary N) is 2. The zero-order chi connectivity index (χ0) is 23.0. The zero-order valence-corrected chi connectivity index (χ0v) is 18.2. The van der Waals surface area contributed by atoms with Crippen LogP contribution in [0.15, 0.2) is 53.1 Å². The molecule has 1 aliphatic rings. The first kappa shape index (κ1) is 22.1. The molecule has 0 saturated carbocycles. The zero-order valence-electron chi connectivity index (χ0n) is 18.2. The summed E-state index contributed by atoms with van der Waals surface area (Å²) >= 11 is 0. The first-order valence-corrected chi connectivity index (χ1v) is 10.6. The first-order valence-electron chi connectivity index (χ1n) is 10.6. The molecule has 2 aromatic carbocycles. The van der Waals surface area contributed by atoms with Crippen LogP contribution in [0.1, 0.15) is 27.6 Å². The molecule has 0 aliphatic carbocycles. The van der Waals surface area contributed by atoms with Crippen LogP contribution in [-0.4, -0.2) is 53.9 Å². The summed E-state index contributed by atoms with van der Waals surface area (Å²) in [5, 5.41) is 9.44. The Morgan fingerprint density at radius 2 is 1.82 bits per heavy atom. The maximum absolute atomic E-state index is 12.3. The molecule has 33 heavy (non-hydrogen) atoms. The highest BCUT2D eigenvalue weighted by molar-refractivity contribution is 5.89. The average molecular weight is 451 g/mol. The standard InChI is InChI=1S/C23H25N5O5/c1-28(23(30)24-11-9-16-5-3-2-4-6-16)12-10-20-26-22(33-27-20)21(29)25-14-17-7-8-18-19(13-17)32-15-31-18/h2-8,13H,9-12,14-15H2,1H3,(H,24,30)(H,25,29). The second-order valence-electron chi connectivity index (χ2n) is 7.53. The van der Waals surface area contributed by atoms with Gasteiger partial charge in [0.25, 0.3) is 0 Å². The Morgan fingerprint density at radius 3 is 2.67 bits per heavy atom. The van der Waals surface area contributed by atoms with Crippen molar-refractivity contribution < 1.29 is 23.6 Å². The van der Waals surface area contributed by atoms with E-state index in [1.165, 1.54) is 0 Å². The van der Waals surface area contributed by atoms with Crippen molar-refractivity contribution in [2.75, 3.05) is 26.9 Å².